The summed E-state index contributed by atoms with van der Waals surface area (Å²) in [6.07, 6.45) is 4.76. The zero-order valence-corrected chi connectivity index (χ0v) is 11.6. The first-order valence-electron chi connectivity index (χ1n) is 6.49. The fourth-order valence-electron chi connectivity index (χ4n) is 2.21. The summed E-state index contributed by atoms with van der Waals surface area (Å²) in [7, 11) is 1.95. The molecule has 3 aromatic rings. The van der Waals surface area contributed by atoms with Crippen LogP contribution in [0.1, 0.15) is 0 Å². The molecule has 5 heteroatoms. The molecule has 3 rings (SSSR count). The second kappa shape index (κ2) is 5.20. The third-order valence-corrected chi connectivity index (χ3v) is 3.27. The monoisotopic (exact) mass is 278 g/mol. The average molecular weight is 278 g/mol. The molecular formula is C16H14N4O. The molecule has 1 amide bonds. The van der Waals surface area contributed by atoms with E-state index in [9.17, 15) is 4.79 Å². The van der Waals surface area contributed by atoms with Crippen molar-refractivity contribution in [3.05, 3.63) is 55.5 Å². The number of benzene rings is 1. The van der Waals surface area contributed by atoms with E-state index in [2.05, 4.69) is 21.9 Å². The predicted molar refractivity (Wildman–Crippen MR) is 82.8 cm³/mol. The highest BCUT2D eigenvalue weighted by molar-refractivity contribution is 5.99. The summed E-state index contributed by atoms with van der Waals surface area (Å²) in [5, 5.41) is 3.72. The predicted octanol–water partition coefficient (Wildman–Crippen LogP) is 2.76. The Kier molecular flexibility index (Phi) is 3.23. The fraction of sp³-hybridized carbons (Fsp3) is 0.0625. The molecule has 104 valence electrons. The number of hydrogen-bond acceptors (Lipinski definition) is 3. The molecule has 0 unspecified atom stereocenters. The van der Waals surface area contributed by atoms with Gasteiger partial charge in [-0.3, -0.25) is 4.79 Å². The largest absolute Gasteiger partial charge is 0.335 e. The standard InChI is InChI=1S/C16H14N4O/c1-3-14(21)19-12-6-4-11(5-7-12)15-13-8-9-20(2)16(13)18-10-17-15/h3-10H,1H2,2H3,(H,19,21). The summed E-state index contributed by atoms with van der Waals surface area (Å²) < 4.78 is 1.96. The Morgan fingerprint density at radius 1 is 1.24 bits per heavy atom. The van der Waals surface area contributed by atoms with E-state index in [0.29, 0.717) is 0 Å². The number of fused-ring (bicyclic) bond motifs is 1. The molecule has 0 fully saturated rings. The normalized spacial score (nSPS) is 10.5. The van der Waals surface area contributed by atoms with Crippen LogP contribution in [0.4, 0.5) is 5.69 Å². The van der Waals surface area contributed by atoms with Crippen LogP contribution in [0.2, 0.25) is 0 Å². The van der Waals surface area contributed by atoms with Gasteiger partial charge in [-0.15, -0.1) is 0 Å². The van der Waals surface area contributed by atoms with Gasteiger partial charge in [-0.2, -0.15) is 0 Å². The minimum atomic E-state index is -0.227. The van der Waals surface area contributed by atoms with Gasteiger partial charge in [-0.1, -0.05) is 18.7 Å². The van der Waals surface area contributed by atoms with Crippen LogP contribution in [0, 0.1) is 0 Å². The molecule has 1 N–H and O–H groups in total. The summed E-state index contributed by atoms with van der Waals surface area (Å²) in [6, 6.07) is 9.53. The Hall–Kier alpha value is -2.95. The highest BCUT2D eigenvalue weighted by Crippen LogP contribution is 2.26. The zero-order valence-electron chi connectivity index (χ0n) is 11.6. The van der Waals surface area contributed by atoms with Crippen LogP contribution < -0.4 is 5.32 Å². The van der Waals surface area contributed by atoms with E-state index >= 15 is 0 Å². The molecule has 0 aliphatic heterocycles. The molecular weight excluding hydrogens is 264 g/mol. The van der Waals surface area contributed by atoms with E-state index < -0.39 is 0 Å². The van der Waals surface area contributed by atoms with Crippen molar-refractivity contribution < 1.29 is 4.79 Å². The third kappa shape index (κ3) is 2.41. The molecule has 2 aromatic heterocycles. The number of anilines is 1. The van der Waals surface area contributed by atoms with Crippen molar-refractivity contribution in [2.75, 3.05) is 5.32 Å². The maximum atomic E-state index is 11.3. The minimum Gasteiger partial charge on any atom is -0.335 e. The van der Waals surface area contributed by atoms with Crippen LogP contribution in [-0.4, -0.2) is 20.4 Å². The van der Waals surface area contributed by atoms with Crippen LogP contribution in [0.15, 0.2) is 55.5 Å². The number of nitrogens with zero attached hydrogens (tertiary/aromatic N) is 3. The molecule has 1 aromatic carbocycles. The number of amides is 1. The summed E-state index contributed by atoms with van der Waals surface area (Å²) in [5.41, 5.74) is 3.47. The fourth-order valence-corrected chi connectivity index (χ4v) is 2.21. The first-order chi connectivity index (χ1) is 10.2. The number of hydrogen-bond donors (Lipinski definition) is 1. The highest BCUT2D eigenvalue weighted by atomic mass is 16.1. The number of aromatic nitrogens is 3. The molecule has 0 aliphatic carbocycles. The van der Waals surface area contributed by atoms with Gasteiger partial charge < -0.3 is 9.88 Å². The van der Waals surface area contributed by atoms with Gasteiger partial charge in [-0.05, 0) is 24.3 Å². The summed E-state index contributed by atoms with van der Waals surface area (Å²) in [4.78, 5) is 19.9. The molecule has 21 heavy (non-hydrogen) atoms. The van der Waals surface area contributed by atoms with Gasteiger partial charge in [0.25, 0.3) is 0 Å². The third-order valence-electron chi connectivity index (χ3n) is 3.27. The molecule has 0 bridgehead atoms. The Labute approximate surface area is 122 Å². The average Bonchev–Trinajstić information content (AvgIpc) is 2.90. The Morgan fingerprint density at radius 2 is 2.00 bits per heavy atom. The maximum Gasteiger partial charge on any atom is 0.247 e. The summed E-state index contributed by atoms with van der Waals surface area (Å²) >= 11 is 0. The lowest BCUT2D eigenvalue weighted by atomic mass is 10.1. The number of aryl methyl sites for hydroxylation is 1. The van der Waals surface area contributed by atoms with E-state index in [1.807, 2.05) is 48.1 Å². The van der Waals surface area contributed by atoms with Gasteiger partial charge in [0.1, 0.15) is 12.0 Å². The minimum absolute atomic E-state index is 0.227. The van der Waals surface area contributed by atoms with E-state index in [1.54, 1.807) is 6.33 Å². The lowest BCUT2D eigenvalue weighted by Gasteiger charge is -2.05. The van der Waals surface area contributed by atoms with Gasteiger partial charge in [0, 0.05) is 29.9 Å². The number of carbonyl (C=O) groups excluding carboxylic acids is 1. The summed E-state index contributed by atoms with van der Waals surface area (Å²) in [5.74, 6) is -0.227. The first kappa shape index (κ1) is 13.1. The van der Waals surface area contributed by atoms with E-state index in [-0.39, 0.29) is 5.91 Å². The Morgan fingerprint density at radius 3 is 2.71 bits per heavy atom. The zero-order chi connectivity index (χ0) is 14.8. The summed E-state index contributed by atoms with van der Waals surface area (Å²) in [6.45, 7) is 3.43. The lowest BCUT2D eigenvalue weighted by molar-refractivity contribution is -0.111. The van der Waals surface area contributed by atoms with Crippen molar-refractivity contribution in [3.8, 4) is 11.3 Å². The smallest absolute Gasteiger partial charge is 0.247 e. The second-order valence-electron chi connectivity index (χ2n) is 4.66. The highest BCUT2D eigenvalue weighted by Gasteiger charge is 2.08. The Balaban J connectivity index is 1.99. The molecule has 0 atom stereocenters. The molecule has 0 radical (unpaired) electrons. The quantitative estimate of drug-likeness (QED) is 0.749. The van der Waals surface area contributed by atoms with Crippen LogP contribution in [0.25, 0.3) is 22.3 Å². The van der Waals surface area contributed by atoms with Crippen LogP contribution in [0.3, 0.4) is 0 Å². The molecule has 5 nitrogen and oxygen atoms in total. The molecule has 0 saturated carbocycles. The maximum absolute atomic E-state index is 11.3. The topological polar surface area (TPSA) is 59.8 Å². The van der Waals surface area contributed by atoms with Gasteiger partial charge in [0.05, 0.1) is 5.69 Å². The number of rotatable bonds is 3. The van der Waals surface area contributed by atoms with Crippen molar-refractivity contribution in [2.45, 2.75) is 0 Å². The Bertz CT molecular complexity index is 818. The lowest BCUT2D eigenvalue weighted by Crippen LogP contribution is -2.06. The van der Waals surface area contributed by atoms with Crippen molar-refractivity contribution in [2.24, 2.45) is 7.05 Å². The van der Waals surface area contributed by atoms with Gasteiger partial charge in [0.15, 0.2) is 0 Å². The first-order valence-corrected chi connectivity index (χ1v) is 6.49. The van der Waals surface area contributed by atoms with Gasteiger partial charge in [-0.25, -0.2) is 9.97 Å². The molecule has 0 aliphatic rings. The van der Waals surface area contributed by atoms with Crippen molar-refractivity contribution in [1.82, 2.24) is 14.5 Å². The molecule has 0 saturated heterocycles. The van der Waals surface area contributed by atoms with Gasteiger partial charge in [0.2, 0.25) is 5.91 Å². The van der Waals surface area contributed by atoms with Crippen LogP contribution in [-0.2, 0) is 11.8 Å². The second-order valence-corrected chi connectivity index (χ2v) is 4.66. The molecule has 2 heterocycles. The van der Waals surface area contributed by atoms with Crippen molar-refractivity contribution in [1.29, 1.82) is 0 Å². The van der Waals surface area contributed by atoms with Crippen LogP contribution in [0.5, 0.6) is 0 Å². The SMILES string of the molecule is C=CC(=O)Nc1ccc(-c2ncnc3c2ccn3C)cc1. The molecule has 0 spiro atoms. The van der Waals surface area contributed by atoms with Gasteiger partial charge >= 0.3 is 0 Å². The van der Waals surface area contributed by atoms with Crippen LogP contribution >= 0.6 is 0 Å². The van der Waals surface area contributed by atoms with E-state index in [0.717, 1.165) is 28.0 Å². The van der Waals surface area contributed by atoms with E-state index in [1.165, 1.54) is 6.08 Å². The van der Waals surface area contributed by atoms with Crippen molar-refractivity contribution in [3.63, 3.8) is 0 Å². The number of carbonyl (C=O) groups is 1. The number of nitrogens with one attached hydrogen (secondary N) is 1. The van der Waals surface area contributed by atoms with Crippen molar-refractivity contribution >= 4 is 22.6 Å². The van der Waals surface area contributed by atoms with E-state index in [4.69, 9.17) is 0 Å².